The maximum atomic E-state index is 3.81. The molecular formula is C11H13N. The molecule has 0 amide bonds. The minimum absolute atomic E-state index is 0.500. The van der Waals surface area contributed by atoms with Crippen LogP contribution in [0.2, 0.25) is 0 Å². The van der Waals surface area contributed by atoms with Crippen LogP contribution in [0.1, 0.15) is 29.7 Å². The Balaban J connectivity index is 2.57. The minimum atomic E-state index is 0.500. The van der Waals surface area contributed by atoms with Gasteiger partial charge >= 0.3 is 0 Å². The Labute approximate surface area is 73.1 Å². The topological polar surface area (TPSA) is 12.0 Å². The van der Waals surface area contributed by atoms with Crippen molar-refractivity contribution < 1.29 is 0 Å². The fourth-order valence-electron chi connectivity index (χ4n) is 1.79. The van der Waals surface area contributed by atoms with Crippen molar-refractivity contribution in [1.82, 2.24) is 5.32 Å². The van der Waals surface area contributed by atoms with E-state index in [1.807, 2.05) is 6.08 Å². The molecule has 0 bridgehead atoms. The molecule has 62 valence electrons. The van der Waals surface area contributed by atoms with Crippen LogP contribution in [-0.4, -0.2) is 0 Å². The van der Waals surface area contributed by atoms with Crippen LogP contribution in [0.25, 0.3) is 6.08 Å². The fraction of sp³-hybridized carbons (Fsp3) is 0.273. The Kier molecular flexibility index (Phi) is 1.74. The van der Waals surface area contributed by atoms with Gasteiger partial charge in [0, 0.05) is 12.6 Å². The van der Waals surface area contributed by atoms with Crippen LogP contribution in [0, 0.1) is 0 Å². The van der Waals surface area contributed by atoms with Gasteiger partial charge in [-0.2, -0.15) is 0 Å². The first-order valence-electron chi connectivity index (χ1n) is 4.30. The molecule has 1 aliphatic heterocycles. The summed E-state index contributed by atoms with van der Waals surface area (Å²) in [6.07, 6.45) is 1.93. The molecule has 0 aliphatic carbocycles. The zero-order chi connectivity index (χ0) is 8.55. The number of hydrogen-bond donors (Lipinski definition) is 1. The Morgan fingerprint density at radius 2 is 2.42 bits per heavy atom. The molecule has 1 aromatic rings. The van der Waals surface area contributed by atoms with E-state index >= 15 is 0 Å². The molecule has 0 spiro atoms. The average Bonchev–Trinajstić information content (AvgIpc) is 2.48. The second kappa shape index (κ2) is 2.76. The molecular weight excluding hydrogens is 146 g/mol. The molecule has 1 atom stereocenters. The Morgan fingerprint density at radius 1 is 1.58 bits per heavy atom. The molecule has 1 N–H and O–H groups in total. The van der Waals surface area contributed by atoms with Gasteiger partial charge in [-0.05, 0) is 23.6 Å². The second-order valence-corrected chi connectivity index (χ2v) is 3.22. The fourth-order valence-corrected chi connectivity index (χ4v) is 1.79. The van der Waals surface area contributed by atoms with Gasteiger partial charge in [0.15, 0.2) is 0 Å². The molecule has 1 heterocycles. The van der Waals surface area contributed by atoms with E-state index in [0.29, 0.717) is 6.04 Å². The smallest absolute Gasteiger partial charge is 0.0298 e. The van der Waals surface area contributed by atoms with Crippen molar-refractivity contribution in [3.63, 3.8) is 0 Å². The SMILES string of the molecule is C=Cc1cccc2c1CNC2C. The maximum absolute atomic E-state index is 3.81. The highest BCUT2D eigenvalue weighted by molar-refractivity contribution is 5.56. The van der Waals surface area contributed by atoms with Gasteiger partial charge in [-0.1, -0.05) is 30.9 Å². The zero-order valence-corrected chi connectivity index (χ0v) is 7.30. The Hall–Kier alpha value is -1.08. The van der Waals surface area contributed by atoms with E-state index in [9.17, 15) is 0 Å². The molecule has 1 unspecified atom stereocenters. The van der Waals surface area contributed by atoms with E-state index in [2.05, 4.69) is 37.0 Å². The first kappa shape index (κ1) is 7.56. The number of benzene rings is 1. The molecule has 0 aromatic heterocycles. The van der Waals surface area contributed by atoms with Gasteiger partial charge in [0.2, 0.25) is 0 Å². The summed E-state index contributed by atoms with van der Waals surface area (Å²) in [6.45, 7) is 6.98. The summed E-state index contributed by atoms with van der Waals surface area (Å²) >= 11 is 0. The third-order valence-corrected chi connectivity index (χ3v) is 2.52. The summed E-state index contributed by atoms with van der Waals surface area (Å²) in [6, 6.07) is 6.90. The largest absolute Gasteiger partial charge is 0.306 e. The molecule has 1 nitrogen and oxygen atoms in total. The van der Waals surface area contributed by atoms with Crippen molar-refractivity contribution in [2.75, 3.05) is 0 Å². The van der Waals surface area contributed by atoms with Crippen LogP contribution in [0.15, 0.2) is 24.8 Å². The van der Waals surface area contributed by atoms with Crippen molar-refractivity contribution in [2.24, 2.45) is 0 Å². The molecule has 0 saturated heterocycles. The van der Waals surface area contributed by atoms with E-state index in [1.165, 1.54) is 16.7 Å². The normalized spacial score (nSPS) is 20.6. The lowest BCUT2D eigenvalue weighted by molar-refractivity contribution is 0.633. The van der Waals surface area contributed by atoms with E-state index < -0.39 is 0 Å². The summed E-state index contributed by atoms with van der Waals surface area (Å²) < 4.78 is 0. The van der Waals surface area contributed by atoms with Gasteiger partial charge in [0.25, 0.3) is 0 Å². The number of hydrogen-bond acceptors (Lipinski definition) is 1. The second-order valence-electron chi connectivity index (χ2n) is 3.22. The summed E-state index contributed by atoms with van der Waals surface area (Å²) in [5.41, 5.74) is 4.11. The van der Waals surface area contributed by atoms with Crippen molar-refractivity contribution in [2.45, 2.75) is 19.5 Å². The van der Waals surface area contributed by atoms with E-state index in [-0.39, 0.29) is 0 Å². The van der Waals surface area contributed by atoms with Crippen LogP contribution in [0.3, 0.4) is 0 Å². The zero-order valence-electron chi connectivity index (χ0n) is 7.30. The molecule has 12 heavy (non-hydrogen) atoms. The van der Waals surface area contributed by atoms with Crippen LogP contribution >= 0.6 is 0 Å². The van der Waals surface area contributed by atoms with E-state index in [0.717, 1.165) is 6.54 Å². The molecule has 1 aliphatic rings. The molecule has 2 rings (SSSR count). The maximum Gasteiger partial charge on any atom is 0.0298 e. The summed E-state index contributed by atoms with van der Waals surface area (Å²) in [5, 5.41) is 3.41. The predicted molar refractivity (Wildman–Crippen MR) is 51.8 cm³/mol. The molecule has 1 heteroatoms. The minimum Gasteiger partial charge on any atom is -0.306 e. The molecule has 0 radical (unpaired) electrons. The number of nitrogens with one attached hydrogen (secondary N) is 1. The Bertz CT molecular complexity index is 315. The molecule has 0 saturated carbocycles. The van der Waals surface area contributed by atoms with Crippen molar-refractivity contribution in [1.29, 1.82) is 0 Å². The van der Waals surface area contributed by atoms with Crippen LogP contribution < -0.4 is 5.32 Å². The number of fused-ring (bicyclic) bond motifs is 1. The van der Waals surface area contributed by atoms with Gasteiger partial charge in [-0.15, -0.1) is 0 Å². The van der Waals surface area contributed by atoms with Crippen LogP contribution in [0.4, 0.5) is 0 Å². The average molecular weight is 159 g/mol. The lowest BCUT2D eigenvalue weighted by atomic mass is 10.0. The lowest BCUT2D eigenvalue weighted by Crippen LogP contribution is -2.06. The first-order chi connectivity index (χ1) is 5.83. The third-order valence-electron chi connectivity index (χ3n) is 2.52. The highest BCUT2D eigenvalue weighted by Gasteiger charge is 2.18. The summed E-state index contributed by atoms with van der Waals surface area (Å²) in [4.78, 5) is 0. The van der Waals surface area contributed by atoms with E-state index in [1.54, 1.807) is 0 Å². The highest BCUT2D eigenvalue weighted by atomic mass is 14.9. The molecule has 0 fully saturated rings. The van der Waals surface area contributed by atoms with Crippen LogP contribution in [-0.2, 0) is 6.54 Å². The standard InChI is InChI=1S/C11H13N/c1-3-9-5-4-6-10-8(2)12-7-11(9)10/h3-6,8,12H,1,7H2,2H3. The van der Waals surface area contributed by atoms with Gasteiger partial charge in [-0.25, -0.2) is 0 Å². The third kappa shape index (κ3) is 0.978. The van der Waals surface area contributed by atoms with Crippen molar-refractivity contribution in [3.8, 4) is 0 Å². The van der Waals surface area contributed by atoms with Gasteiger partial charge in [0.1, 0.15) is 0 Å². The van der Waals surface area contributed by atoms with Gasteiger partial charge in [-0.3, -0.25) is 0 Å². The van der Waals surface area contributed by atoms with Crippen molar-refractivity contribution in [3.05, 3.63) is 41.5 Å². The summed E-state index contributed by atoms with van der Waals surface area (Å²) in [7, 11) is 0. The van der Waals surface area contributed by atoms with Crippen molar-refractivity contribution >= 4 is 6.08 Å². The van der Waals surface area contributed by atoms with Gasteiger partial charge < -0.3 is 5.32 Å². The first-order valence-corrected chi connectivity index (χ1v) is 4.30. The van der Waals surface area contributed by atoms with E-state index in [4.69, 9.17) is 0 Å². The monoisotopic (exact) mass is 159 g/mol. The van der Waals surface area contributed by atoms with Gasteiger partial charge in [0.05, 0.1) is 0 Å². The lowest BCUT2D eigenvalue weighted by Gasteiger charge is -2.04. The Morgan fingerprint density at radius 3 is 3.17 bits per heavy atom. The highest BCUT2D eigenvalue weighted by Crippen LogP contribution is 2.27. The molecule has 1 aromatic carbocycles. The number of rotatable bonds is 1. The van der Waals surface area contributed by atoms with Crippen LogP contribution in [0.5, 0.6) is 0 Å². The predicted octanol–water partition coefficient (Wildman–Crippen LogP) is 2.49. The summed E-state index contributed by atoms with van der Waals surface area (Å²) in [5.74, 6) is 0. The quantitative estimate of drug-likeness (QED) is 0.663.